The predicted octanol–water partition coefficient (Wildman–Crippen LogP) is -0.455. The molecule has 0 bridgehead atoms. The number of phenolic OH excluding ortho intramolecular Hbond substituents is 1. The Balaban J connectivity index is 2.50. The average molecular weight is 238 g/mol. The summed E-state index contributed by atoms with van der Waals surface area (Å²) in [7, 11) is 1.46. The van der Waals surface area contributed by atoms with E-state index in [2.05, 4.69) is 5.32 Å². The SMILES string of the molecule is COc1ccc(CCNC(=O)C(N)=O)cc1O. The summed E-state index contributed by atoms with van der Waals surface area (Å²) in [6.45, 7) is 0.271. The first-order valence-electron chi connectivity index (χ1n) is 4.98. The monoisotopic (exact) mass is 238 g/mol. The first kappa shape index (κ1) is 12.8. The molecule has 0 aliphatic rings. The number of carbonyl (C=O) groups excluding carboxylic acids is 2. The van der Waals surface area contributed by atoms with Crippen LogP contribution in [-0.2, 0) is 16.0 Å². The minimum atomic E-state index is -1.01. The number of ether oxygens (including phenoxy) is 1. The van der Waals surface area contributed by atoms with Crippen molar-refractivity contribution in [3.8, 4) is 11.5 Å². The van der Waals surface area contributed by atoms with E-state index in [1.165, 1.54) is 13.2 Å². The molecule has 0 aliphatic heterocycles. The topological polar surface area (TPSA) is 102 Å². The highest BCUT2D eigenvalue weighted by atomic mass is 16.5. The zero-order valence-electron chi connectivity index (χ0n) is 9.40. The van der Waals surface area contributed by atoms with Crippen LogP contribution in [0.2, 0.25) is 0 Å². The van der Waals surface area contributed by atoms with Crippen molar-refractivity contribution in [1.29, 1.82) is 0 Å². The second-order valence-electron chi connectivity index (χ2n) is 3.38. The fraction of sp³-hybridized carbons (Fsp3) is 0.273. The third-order valence-electron chi connectivity index (χ3n) is 2.17. The van der Waals surface area contributed by atoms with E-state index in [0.29, 0.717) is 12.2 Å². The van der Waals surface area contributed by atoms with Crippen LogP contribution >= 0.6 is 0 Å². The summed E-state index contributed by atoms with van der Waals surface area (Å²) in [5.74, 6) is -1.41. The molecule has 0 atom stereocenters. The summed E-state index contributed by atoms with van der Waals surface area (Å²) in [6.07, 6.45) is 0.483. The van der Waals surface area contributed by atoms with E-state index in [1.807, 2.05) is 0 Å². The summed E-state index contributed by atoms with van der Waals surface area (Å²) in [4.78, 5) is 21.3. The summed E-state index contributed by atoms with van der Waals surface area (Å²) < 4.78 is 4.89. The molecular formula is C11H14N2O4. The molecule has 0 radical (unpaired) electrons. The van der Waals surface area contributed by atoms with Gasteiger partial charge in [-0.1, -0.05) is 6.07 Å². The Labute approximate surface area is 98.4 Å². The van der Waals surface area contributed by atoms with Crippen molar-refractivity contribution in [3.05, 3.63) is 23.8 Å². The van der Waals surface area contributed by atoms with Crippen LogP contribution in [0, 0.1) is 0 Å². The number of hydrogen-bond donors (Lipinski definition) is 3. The molecule has 0 spiro atoms. The van der Waals surface area contributed by atoms with E-state index in [4.69, 9.17) is 10.5 Å². The van der Waals surface area contributed by atoms with Crippen LogP contribution in [0.25, 0.3) is 0 Å². The number of hydrogen-bond acceptors (Lipinski definition) is 4. The van der Waals surface area contributed by atoms with E-state index in [9.17, 15) is 14.7 Å². The molecule has 0 aromatic heterocycles. The van der Waals surface area contributed by atoms with Crippen molar-refractivity contribution >= 4 is 11.8 Å². The Morgan fingerprint density at radius 1 is 1.47 bits per heavy atom. The number of phenols is 1. The van der Waals surface area contributed by atoms with Crippen LogP contribution in [0.5, 0.6) is 11.5 Å². The molecule has 4 N–H and O–H groups in total. The van der Waals surface area contributed by atoms with Crippen molar-refractivity contribution < 1.29 is 19.4 Å². The molecule has 2 amide bonds. The van der Waals surface area contributed by atoms with Gasteiger partial charge in [-0.25, -0.2) is 0 Å². The fourth-order valence-corrected chi connectivity index (χ4v) is 1.30. The quantitative estimate of drug-likeness (QED) is 0.618. The van der Waals surface area contributed by atoms with Gasteiger partial charge >= 0.3 is 11.8 Å². The van der Waals surface area contributed by atoms with Gasteiger partial charge < -0.3 is 20.9 Å². The van der Waals surface area contributed by atoms with Crippen LogP contribution in [0.4, 0.5) is 0 Å². The maximum Gasteiger partial charge on any atom is 0.309 e. The van der Waals surface area contributed by atoms with Gasteiger partial charge in [0, 0.05) is 6.54 Å². The number of benzene rings is 1. The molecule has 6 nitrogen and oxygen atoms in total. The number of nitrogens with two attached hydrogens (primary N) is 1. The van der Waals surface area contributed by atoms with Crippen molar-refractivity contribution in [2.45, 2.75) is 6.42 Å². The number of methoxy groups -OCH3 is 1. The summed E-state index contributed by atoms with van der Waals surface area (Å²) in [5, 5.41) is 11.9. The number of primary amides is 1. The minimum Gasteiger partial charge on any atom is -0.504 e. The molecule has 1 aromatic carbocycles. The average Bonchev–Trinajstić information content (AvgIpc) is 2.29. The van der Waals surface area contributed by atoms with Gasteiger partial charge in [-0.15, -0.1) is 0 Å². The highest BCUT2D eigenvalue weighted by Crippen LogP contribution is 2.26. The molecular weight excluding hydrogens is 224 g/mol. The van der Waals surface area contributed by atoms with E-state index < -0.39 is 11.8 Å². The summed E-state index contributed by atoms with van der Waals surface area (Å²) in [6, 6.07) is 4.92. The highest BCUT2D eigenvalue weighted by molar-refractivity contribution is 6.34. The molecule has 0 saturated heterocycles. The Kier molecular flexibility index (Phi) is 4.33. The molecule has 0 heterocycles. The molecule has 6 heteroatoms. The van der Waals surface area contributed by atoms with Gasteiger partial charge in [0.15, 0.2) is 11.5 Å². The lowest BCUT2D eigenvalue weighted by Crippen LogP contribution is -2.37. The lowest BCUT2D eigenvalue weighted by atomic mass is 10.1. The van der Waals surface area contributed by atoms with Gasteiger partial charge in [-0.3, -0.25) is 9.59 Å². The molecule has 92 valence electrons. The summed E-state index contributed by atoms with van der Waals surface area (Å²) in [5.41, 5.74) is 5.58. The minimum absolute atomic E-state index is 0.0335. The van der Waals surface area contributed by atoms with Gasteiger partial charge in [-0.05, 0) is 24.1 Å². The van der Waals surface area contributed by atoms with Crippen LogP contribution in [-0.4, -0.2) is 30.6 Å². The van der Waals surface area contributed by atoms with Gasteiger partial charge in [0.2, 0.25) is 0 Å². The third-order valence-corrected chi connectivity index (χ3v) is 2.17. The predicted molar refractivity (Wildman–Crippen MR) is 60.6 cm³/mol. The highest BCUT2D eigenvalue weighted by Gasteiger charge is 2.07. The number of carbonyl (C=O) groups is 2. The second kappa shape index (κ2) is 5.74. The number of aromatic hydroxyl groups is 1. The lowest BCUT2D eigenvalue weighted by molar-refractivity contribution is -0.137. The maximum absolute atomic E-state index is 10.8. The van der Waals surface area contributed by atoms with Crippen LogP contribution < -0.4 is 15.8 Å². The Hall–Kier alpha value is -2.24. The smallest absolute Gasteiger partial charge is 0.309 e. The molecule has 0 unspecified atom stereocenters. The van der Waals surface area contributed by atoms with Crippen LogP contribution in [0.3, 0.4) is 0 Å². The largest absolute Gasteiger partial charge is 0.504 e. The molecule has 0 aliphatic carbocycles. The van der Waals surface area contributed by atoms with E-state index in [1.54, 1.807) is 12.1 Å². The Bertz CT molecular complexity index is 431. The molecule has 0 saturated carbocycles. The molecule has 1 aromatic rings. The molecule has 1 rings (SSSR count). The standard InChI is InChI=1S/C11H14N2O4/c1-17-9-3-2-7(6-8(9)14)4-5-13-11(16)10(12)15/h2-3,6,14H,4-5H2,1H3,(H2,12,15)(H,13,16). The lowest BCUT2D eigenvalue weighted by Gasteiger charge is -2.06. The van der Waals surface area contributed by atoms with Gasteiger partial charge in [0.1, 0.15) is 0 Å². The Morgan fingerprint density at radius 2 is 2.18 bits per heavy atom. The first-order chi connectivity index (χ1) is 8.04. The normalized spacial score (nSPS) is 9.71. The van der Waals surface area contributed by atoms with Crippen molar-refractivity contribution in [3.63, 3.8) is 0 Å². The van der Waals surface area contributed by atoms with Crippen LogP contribution in [0.1, 0.15) is 5.56 Å². The fourth-order valence-electron chi connectivity index (χ4n) is 1.30. The number of rotatable bonds is 4. The molecule has 0 fully saturated rings. The second-order valence-corrected chi connectivity index (χ2v) is 3.38. The zero-order chi connectivity index (χ0) is 12.8. The van der Waals surface area contributed by atoms with Gasteiger partial charge in [0.05, 0.1) is 7.11 Å². The van der Waals surface area contributed by atoms with Gasteiger partial charge in [-0.2, -0.15) is 0 Å². The van der Waals surface area contributed by atoms with E-state index in [0.717, 1.165) is 5.56 Å². The first-order valence-corrected chi connectivity index (χ1v) is 4.98. The zero-order valence-corrected chi connectivity index (χ0v) is 9.40. The Morgan fingerprint density at radius 3 is 2.71 bits per heavy atom. The van der Waals surface area contributed by atoms with E-state index >= 15 is 0 Å². The van der Waals surface area contributed by atoms with Gasteiger partial charge in [0.25, 0.3) is 0 Å². The molecule has 17 heavy (non-hydrogen) atoms. The van der Waals surface area contributed by atoms with Crippen molar-refractivity contribution in [1.82, 2.24) is 5.32 Å². The maximum atomic E-state index is 10.8. The third kappa shape index (κ3) is 3.67. The van der Waals surface area contributed by atoms with Crippen molar-refractivity contribution in [2.24, 2.45) is 5.73 Å². The van der Waals surface area contributed by atoms with E-state index in [-0.39, 0.29) is 12.3 Å². The van der Waals surface area contributed by atoms with Crippen LogP contribution in [0.15, 0.2) is 18.2 Å². The summed E-state index contributed by atoms with van der Waals surface area (Å²) >= 11 is 0. The number of amides is 2. The number of nitrogens with one attached hydrogen (secondary N) is 1. The van der Waals surface area contributed by atoms with Crippen molar-refractivity contribution in [2.75, 3.05) is 13.7 Å².